The molecule has 1 aliphatic carbocycles. The van der Waals surface area contributed by atoms with Crippen LogP contribution in [0.2, 0.25) is 5.02 Å². The largest absolute Gasteiger partial charge is 0.330 e. The Morgan fingerprint density at radius 1 is 1.37 bits per heavy atom. The quantitative estimate of drug-likeness (QED) is 0.878. The van der Waals surface area contributed by atoms with Crippen molar-refractivity contribution in [3.05, 3.63) is 47.3 Å². The molecule has 1 aliphatic rings. The summed E-state index contributed by atoms with van der Waals surface area (Å²) >= 11 is 6.27. The molecular formula is C14H13ClFN3. The van der Waals surface area contributed by atoms with Crippen LogP contribution in [-0.2, 0) is 5.41 Å². The van der Waals surface area contributed by atoms with E-state index in [2.05, 4.69) is 9.97 Å². The van der Waals surface area contributed by atoms with Gasteiger partial charge in [0.1, 0.15) is 0 Å². The average Bonchev–Trinajstić information content (AvgIpc) is 3.20. The Morgan fingerprint density at radius 2 is 2.16 bits per heavy atom. The fourth-order valence-corrected chi connectivity index (χ4v) is 2.63. The fraction of sp³-hybridized carbons (Fsp3) is 0.286. The van der Waals surface area contributed by atoms with E-state index in [0.29, 0.717) is 22.7 Å². The number of halogens is 2. The van der Waals surface area contributed by atoms with Crippen LogP contribution < -0.4 is 5.73 Å². The summed E-state index contributed by atoms with van der Waals surface area (Å²) in [5.74, 6) is -0.520. The molecule has 5 heteroatoms. The van der Waals surface area contributed by atoms with Gasteiger partial charge in [-0.2, -0.15) is 4.39 Å². The molecule has 0 saturated heterocycles. The molecule has 3 nitrogen and oxygen atoms in total. The van der Waals surface area contributed by atoms with E-state index in [4.69, 9.17) is 17.3 Å². The molecule has 0 unspecified atom stereocenters. The van der Waals surface area contributed by atoms with Gasteiger partial charge in [-0.3, -0.25) is 4.98 Å². The highest BCUT2D eigenvalue weighted by molar-refractivity contribution is 6.31. The van der Waals surface area contributed by atoms with E-state index < -0.39 is 5.95 Å². The van der Waals surface area contributed by atoms with Gasteiger partial charge in [-0.15, -0.1) is 0 Å². The first-order valence-corrected chi connectivity index (χ1v) is 6.51. The Labute approximate surface area is 115 Å². The first-order valence-electron chi connectivity index (χ1n) is 6.13. The zero-order valence-corrected chi connectivity index (χ0v) is 11.0. The van der Waals surface area contributed by atoms with Crippen LogP contribution in [0, 0.1) is 5.95 Å². The van der Waals surface area contributed by atoms with E-state index in [1.165, 1.54) is 6.20 Å². The van der Waals surface area contributed by atoms with Crippen molar-refractivity contribution in [1.29, 1.82) is 0 Å². The second-order valence-corrected chi connectivity index (χ2v) is 5.29. The van der Waals surface area contributed by atoms with Gasteiger partial charge < -0.3 is 5.73 Å². The van der Waals surface area contributed by atoms with Gasteiger partial charge in [0.25, 0.3) is 0 Å². The van der Waals surface area contributed by atoms with Gasteiger partial charge >= 0.3 is 0 Å². The highest BCUT2D eigenvalue weighted by atomic mass is 35.5. The molecule has 1 saturated carbocycles. The molecular weight excluding hydrogens is 265 g/mol. The van der Waals surface area contributed by atoms with Crippen molar-refractivity contribution in [3.8, 4) is 11.1 Å². The van der Waals surface area contributed by atoms with Crippen molar-refractivity contribution in [3.63, 3.8) is 0 Å². The van der Waals surface area contributed by atoms with Crippen molar-refractivity contribution < 1.29 is 4.39 Å². The second-order valence-electron chi connectivity index (χ2n) is 4.88. The number of nitrogens with two attached hydrogens (primary N) is 1. The van der Waals surface area contributed by atoms with E-state index in [1.54, 1.807) is 24.4 Å². The second kappa shape index (κ2) is 4.54. The summed E-state index contributed by atoms with van der Waals surface area (Å²) in [6, 6.07) is 5.08. The summed E-state index contributed by atoms with van der Waals surface area (Å²) in [4.78, 5) is 8.02. The lowest BCUT2D eigenvalue weighted by Gasteiger charge is -2.14. The van der Waals surface area contributed by atoms with Gasteiger partial charge in [0, 0.05) is 35.5 Å². The lowest BCUT2D eigenvalue weighted by Crippen LogP contribution is -2.21. The monoisotopic (exact) mass is 277 g/mol. The van der Waals surface area contributed by atoms with Gasteiger partial charge in [-0.1, -0.05) is 11.6 Å². The van der Waals surface area contributed by atoms with Crippen molar-refractivity contribution in [1.82, 2.24) is 9.97 Å². The van der Waals surface area contributed by atoms with Crippen LogP contribution in [0.4, 0.5) is 4.39 Å². The molecule has 0 bridgehead atoms. The summed E-state index contributed by atoms with van der Waals surface area (Å²) in [5.41, 5.74) is 7.57. The SMILES string of the molecule is NCC1(c2ncc(-c3cccnc3F)cc2Cl)CC1. The number of nitrogens with zero attached hydrogens (tertiary/aromatic N) is 2. The average molecular weight is 278 g/mol. The van der Waals surface area contributed by atoms with Crippen LogP contribution in [0.15, 0.2) is 30.6 Å². The third-order valence-electron chi connectivity index (χ3n) is 3.66. The maximum Gasteiger partial charge on any atom is 0.220 e. The van der Waals surface area contributed by atoms with Gasteiger partial charge in [-0.05, 0) is 31.0 Å². The summed E-state index contributed by atoms with van der Waals surface area (Å²) in [5, 5.41) is 0.545. The Bertz CT molecular complexity index is 626. The maximum atomic E-state index is 13.6. The number of rotatable bonds is 3. The zero-order chi connectivity index (χ0) is 13.5. The first-order chi connectivity index (χ1) is 9.16. The number of hydrogen-bond acceptors (Lipinski definition) is 3. The van der Waals surface area contributed by atoms with Gasteiger partial charge in [0.05, 0.1) is 10.7 Å². The predicted octanol–water partition coefficient (Wildman–Crippen LogP) is 2.93. The third kappa shape index (κ3) is 2.11. The van der Waals surface area contributed by atoms with Crippen molar-refractivity contribution >= 4 is 11.6 Å². The number of hydrogen-bond donors (Lipinski definition) is 1. The van der Waals surface area contributed by atoms with Crippen molar-refractivity contribution in [2.75, 3.05) is 6.54 Å². The molecule has 0 spiro atoms. The Kier molecular flexibility index (Phi) is 2.99. The summed E-state index contributed by atoms with van der Waals surface area (Å²) < 4.78 is 13.6. The molecule has 2 aromatic rings. The molecule has 19 heavy (non-hydrogen) atoms. The van der Waals surface area contributed by atoms with E-state index in [1.807, 2.05) is 0 Å². The molecule has 2 N–H and O–H groups in total. The minimum absolute atomic E-state index is 0.0664. The van der Waals surface area contributed by atoms with E-state index >= 15 is 0 Å². The number of pyridine rings is 2. The molecule has 0 amide bonds. The molecule has 0 atom stereocenters. The molecule has 1 fully saturated rings. The standard InChI is InChI=1S/C14H13ClFN3/c15-11-6-9(10-2-1-5-18-13(10)16)7-19-12(11)14(8-17)3-4-14/h1-2,5-7H,3-4,8,17H2. The minimum atomic E-state index is -0.520. The first kappa shape index (κ1) is 12.5. The molecule has 0 aromatic carbocycles. The number of aromatic nitrogens is 2. The van der Waals surface area contributed by atoms with Crippen molar-refractivity contribution in [2.24, 2.45) is 5.73 Å². The van der Waals surface area contributed by atoms with E-state index in [9.17, 15) is 4.39 Å². The summed E-state index contributed by atoms with van der Waals surface area (Å²) in [6.07, 6.45) is 5.07. The molecule has 0 aliphatic heterocycles. The molecule has 2 aromatic heterocycles. The summed E-state index contributed by atoms with van der Waals surface area (Å²) in [7, 11) is 0. The highest BCUT2D eigenvalue weighted by Crippen LogP contribution is 2.48. The molecule has 98 valence electrons. The van der Waals surface area contributed by atoms with Crippen LogP contribution in [-0.4, -0.2) is 16.5 Å². The third-order valence-corrected chi connectivity index (χ3v) is 3.95. The Hall–Kier alpha value is -1.52. The predicted molar refractivity (Wildman–Crippen MR) is 72.4 cm³/mol. The molecule has 2 heterocycles. The van der Waals surface area contributed by atoms with Crippen LogP contribution in [0.25, 0.3) is 11.1 Å². The topological polar surface area (TPSA) is 51.8 Å². The lowest BCUT2D eigenvalue weighted by molar-refractivity contribution is 0.587. The normalized spacial score (nSPS) is 16.4. The fourth-order valence-electron chi connectivity index (χ4n) is 2.27. The smallest absolute Gasteiger partial charge is 0.220 e. The maximum absolute atomic E-state index is 13.6. The van der Waals surface area contributed by atoms with Crippen LogP contribution >= 0.6 is 11.6 Å². The van der Waals surface area contributed by atoms with Gasteiger partial charge in [0.2, 0.25) is 5.95 Å². The Balaban J connectivity index is 2.03. The lowest BCUT2D eigenvalue weighted by atomic mass is 10.0. The van der Waals surface area contributed by atoms with Gasteiger partial charge in [0.15, 0.2) is 0 Å². The molecule has 3 rings (SSSR count). The minimum Gasteiger partial charge on any atom is -0.330 e. The zero-order valence-electron chi connectivity index (χ0n) is 10.2. The van der Waals surface area contributed by atoms with E-state index in [-0.39, 0.29) is 5.41 Å². The Morgan fingerprint density at radius 3 is 2.74 bits per heavy atom. The van der Waals surface area contributed by atoms with Crippen molar-refractivity contribution in [2.45, 2.75) is 18.3 Å². The van der Waals surface area contributed by atoms with Crippen LogP contribution in [0.1, 0.15) is 18.5 Å². The van der Waals surface area contributed by atoms with E-state index in [0.717, 1.165) is 18.5 Å². The highest BCUT2D eigenvalue weighted by Gasteiger charge is 2.45. The van der Waals surface area contributed by atoms with Crippen LogP contribution in [0.5, 0.6) is 0 Å². The summed E-state index contributed by atoms with van der Waals surface area (Å²) in [6.45, 7) is 0.542. The van der Waals surface area contributed by atoms with Crippen LogP contribution in [0.3, 0.4) is 0 Å². The molecule has 0 radical (unpaired) electrons. The van der Waals surface area contributed by atoms with Gasteiger partial charge in [-0.25, -0.2) is 4.98 Å².